The van der Waals surface area contributed by atoms with Gasteiger partial charge in [0.2, 0.25) is 0 Å². The third-order valence-corrected chi connectivity index (χ3v) is 4.48. The molecule has 0 aliphatic carbocycles. The number of para-hydroxylation sites is 1. The van der Waals surface area contributed by atoms with Crippen molar-refractivity contribution in [2.75, 3.05) is 7.11 Å². The van der Waals surface area contributed by atoms with Crippen molar-refractivity contribution in [1.82, 2.24) is 0 Å². The van der Waals surface area contributed by atoms with E-state index in [-0.39, 0.29) is 5.41 Å². The van der Waals surface area contributed by atoms with Crippen molar-refractivity contribution >= 4 is 11.9 Å². The highest BCUT2D eigenvalue weighted by atomic mass is 16.5. The van der Waals surface area contributed by atoms with E-state index >= 15 is 0 Å². The average Bonchev–Trinajstić information content (AvgIpc) is 3.03. The highest BCUT2D eigenvalue weighted by Gasteiger charge is 2.39. The fraction of sp³-hybridized carbons (Fsp3) is 0.0952. The van der Waals surface area contributed by atoms with Gasteiger partial charge in [-0.2, -0.15) is 0 Å². The summed E-state index contributed by atoms with van der Waals surface area (Å²) in [5.74, 6) is 0.857. The largest absolute Gasteiger partial charge is 0.497 e. The number of fused-ring (bicyclic) bond motifs is 1. The van der Waals surface area contributed by atoms with Crippen LogP contribution in [-0.4, -0.2) is 13.3 Å². The van der Waals surface area contributed by atoms with Gasteiger partial charge < -0.3 is 4.74 Å². The summed E-state index contributed by atoms with van der Waals surface area (Å²) in [6.45, 7) is 0. The Morgan fingerprint density at radius 3 is 2.35 bits per heavy atom. The quantitative estimate of drug-likeness (QED) is 0.684. The zero-order valence-electron chi connectivity index (χ0n) is 12.9. The van der Waals surface area contributed by atoms with Gasteiger partial charge in [0.15, 0.2) is 0 Å². The van der Waals surface area contributed by atoms with Gasteiger partial charge in [-0.15, -0.1) is 0 Å². The molecule has 0 bridgehead atoms. The van der Waals surface area contributed by atoms with Crippen molar-refractivity contribution in [3.05, 3.63) is 95.6 Å². The summed E-state index contributed by atoms with van der Waals surface area (Å²) >= 11 is 0. The van der Waals surface area contributed by atoms with Crippen LogP contribution >= 0.6 is 0 Å². The normalized spacial score (nSPS) is 18.7. The monoisotopic (exact) mass is 299 g/mol. The Hall–Kier alpha value is -2.87. The standard InChI is InChI=1S/C21H17NO/c1-23-18-11-7-10-17(14-18)21(16-8-3-2-4-9-16)15-22-20-13-6-5-12-19(20)21/h2-15H,1H3. The van der Waals surface area contributed by atoms with Gasteiger partial charge in [-0.25, -0.2) is 0 Å². The van der Waals surface area contributed by atoms with Gasteiger partial charge in [-0.1, -0.05) is 60.7 Å². The van der Waals surface area contributed by atoms with Crippen LogP contribution < -0.4 is 4.74 Å². The van der Waals surface area contributed by atoms with E-state index in [9.17, 15) is 0 Å². The van der Waals surface area contributed by atoms with Crippen LogP contribution in [0.2, 0.25) is 0 Å². The summed E-state index contributed by atoms with van der Waals surface area (Å²) in [5, 5.41) is 0. The van der Waals surface area contributed by atoms with Crippen molar-refractivity contribution in [3.8, 4) is 5.75 Å². The first kappa shape index (κ1) is 13.8. The van der Waals surface area contributed by atoms with E-state index < -0.39 is 0 Å². The van der Waals surface area contributed by atoms with Crippen molar-refractivity contribution < 1.29 is 4.74 Å². The van der Waals surface area contributed by atoms with Crippen LogP contribution in [0, 0.1) is 0 Å². The molecule has 0 spiro atoms. The molecule has 1 atom stereocenters. The molecule has 4 rings (SSSR count). The van der Waals surface area contributed by atoms with Crippen LogP contribution in [0.25, 0.3) is 0 Å². The Balaban J connectivity index is 2.02. The maximum atomic E-state index is 5.44. The highest BCUT2D eigenvalue weighted by Crippen LogP contribution is 2.46. The van der Waals surface area contributed by atoms with Gasteiger partial charge in [0.1, 0.15) is 5.75 Å². The summed E-state index contributed by atoms with van der Waals surface area (Å²) in [5.41, 5.74) is 4.24. The van der Waals surface area contributed by atoms with Gasteiger partial charge >= 0.3 is 0 Å². The molecule has 0 N–H and O–H groups in total. The lowest BCUT2D eigenvalue weighted by Gasteiger charge is -2.29. The molecule has 2 heteroatoms. The fourth-order valence-electron chi connectivity index (χ4n) is 3.35. The third kappa shape index (κ3) is 2.07. The first-order valence-electron chi connectivity index (χ1n) is 7.69. The molecule has 0 saturated heterocycles. The van der Waals surface area contributed by atoms with Crippen LogP contribution in [0.3, 0.4) is 0 Å². The van der Waals surface area contributed by atoms with E-state index in [1.165, 1.54) is 11.1 Å². The van der Waals surface area contributed by atoms with Crippen LogP contribution in [0.15, 0.2) is 83.9 Å². The zero-order valence-corrected chi connectivity index (χ0v) is 12.9. The molecule has 0 fully saturated rings. The van der Waals surface area contributed by atoms with E-state index in [2.05, 4.69) is 60.8 Å². The molecule has 1 unspecified atom stereocenters. The zero-order chi connectivity index (χ0) is 15.7. The molecule has 23 heavy (non-hydrogen) atoms. The van der Waals surface area contributed by atoms with Gasteiger partial charge in [0, 0.05) is 6.21 Å². The van der Waals surface area contributed by atoms with E-state index in [0.29, 0.717) is 0 Å². The number of hydrogen-bond acceptors (Lipinski definition) is 2. The number of methoxy groups -OCH3 is 1. The second-order valence-corrected chi connectivity index (χ2v) is 5.68. The number of aliphatic imine (C=N–C) groups is 1. The summed E-state index contributed by atoms with van der Waals surface area (Å²) in [6.07, 6.45) is 2.06. The third-order valence-electron chi connectivity index (χ3n) is 4.48. The Bertz CT molecular complexity index is 870. The minimum Gasteiger partial charge on any atom is -0.497 e. The first-order valence-corrected chi connectivity index (χ1v) is 7.69. The highest BCUT2D eigenvalue weighted by molar-refractivity contribution is 5.93. The second-order valence-electron chi connectivity index (χ2n) is 5.68. The average molecular weight is 299 g/mol. The lowest BCUT2D eigenvalue weighted by molar-refractivity contribution is 0.414. The molecule has 1 aliphatic rings. The Kier molecular flexibility index (Phi) is 3.23. The van der Waals surface area contributed by atoms with Gasteiger partial charge in [0.05, 0.1) is 18.2 Å². The summed E-state index contributed by atoms with van der Waals surface area (Å²) in [4.78, 5) is 4.70. The van der Waals surface area contributed by atoms with E-state index in [4.69, 9.17) is 9.73 Å². The minimum absolute atomic E-state index is 0.369. The molecule has 0 aromatic heterocycles. The fourth-order valence-corrected chi connectivity index (χ4v) is 3.35. The van der Waals surface area contributed by atoms with Gasteiger partial charge in [0.25, 0.3) is 0 Å². The topological polar surface area (TPSA) is 21.6 Å². The van der Waals surface area contributed by atoms with E-state index in [1.807, 2.05) is 24.3 Å². The molecule has 1 aliphatic heterocycles. The molecule has 112 valence electrons. The molecule has 3 aromatic carbocycles. The molecule has 0 radical (unpaired) electrons. The number of rotatable bonds is 3. The van der Waals surface area contributed by atoms with Gasteiger partial charge in [-0.3, -0.25) is 4.99 Å². The predicted molar refractivity (Wildman–Crippen MR) is 93.9 cm³/mol. The van der Waals surface area contributed by atoms with E-state index in [1.54, 1.807) is 7.11 Å². The smallest absolute Gasteiger partial charge is 0.119 e. The maximum Gasteiger partial charge on any atom is 0.119 e. The molecular formula is C21H17NO. The van der Waals surface area contributed by atoms with Crippen LogP contribution in [-0.2, 0) is 5.41 Å². The minimum atomic E-state index is -0.369. The second kappa shape index (κ2) is 5.40. The number of benzene rings is 3. The lowest BCUT2D eigenvalue weighted by atomic mass is 9.71. The van der Waals surface area contributed by atoms with Crippen LogP contribution in [0.5, 0.6) is 5.75 Å². The van der Waals surface area contributed by atoms with Crippen molar-refractivity contribution in [2.24, 2.45) is 4.99 Å². The molecule has 3 aromatic rings. The molecular weight excluding hydrogens is 282 g/mol. The lowest BCUT2D eigenvalue weighted by Crippen LogP contribution is -2.28. The Morgan fingerprint density at radius 1 is 0.783 bits per heavy atom. The van der Waals surface area contributed by atoms with Crippen LogP contribution in [0.4, 0.5) is 5.69 Å². The predicted octanol–water partition coefficient (Wildman–Crippen LogP) is 4.75. The summed E-state index contributed by atoms with van der Waals surface area (Å²) < 4.78 is 5.44. The Labute approximate surface area is 136 Å². The SMILES string of the molecule is COc1cccc(C2(c3ccccc3)C=Nc3ccccc32)c1. The number of nitrogens with zero attached hydrogens (tertiary/aromatic N) is 1. The van der Waals surface area contributed by atoms with E-state index in [0.717, 1.165) is 17.0 Å². The number of hydrogen-bond donors (Lipinski definition) is 0. The molecule has 2 nitrogen and oxygen atoms in total. The molecule has 0 amide bonds. The van der Waals surface area contributed by atoms with Gasteiger partial charge in [-0.05, 0) is 34.9 Å². The van der Waals surface area contributed by atoms with Crippen molar-refractivity contribution in [3.63, 3.8) is 0 Å². The van der Waals surface area contributed by atoms with Crippen molar-refractivity contribution in [1.29, 1.82) is 0 Å². The summed E-state index contributed by atoms with van der Waals surface area (Å²) in [6, 6.07) is 27.1. The molecule has 0 saturated carbocycles. The number of ether oxygens (including phenoxy) is 1. The first-order chi connectivity index (χ1) is 11.3. The summed E-state index contributed by atoms with van der Waals surface area (Å²) in [7, 11) is 1.70. The molecule has 1 heterocycles. The Morgan fingerprint density at radius 2 is 1.52 bits per heavy atom. The maximum absolute atomic E-state index is 5.44. The van der Waals surface area contributed by atoms with Crippen molar-refractivity contribution in [2.45, 2.75) is 5.41 Å². The van der Waals surface area contributed by atoms with Crippen LogP contribution in [0.1, 0.15) is 16.7 Å².